The van der Waals surface area contributed by atoms with E-state index >= 15 is 0 Å². The molecule has 0 heterocycles. The Bertz CT molecular complexity index is 695. The van der Waals surface area contributed by atoms with E-state index in [2.05, 4.69) is 10.6 Å². The zero-order valence-corrected chi connectivity index (χ0v) is 15.2. The molecule has 2 aromatic rings. The standard InChI is InChI=1S/C19H23N3O2.ClH/c1-19(2,20)18(24)22-16-10-8-15(9-11-16)17(23)21-13-12-14-6-4-3-5-7-14;/h3-11H,12-13,20H2,1-2H3,(H,21,23)(H,22,24);1H. The van der Waals surface area contributed by atoms with Crippen LogP contribution in [0.15, 0.2) is 54.6 Å². The van der Waals surface area contributed by atoms with Crippen LogP contribution in [0.5, 0.6) is 0 Å². The average Bonchev–Trinajstić information content (AvgIpc) is 2.55. The van der Waals surface area contributed by atoms with Gasteiger partial charge >= 0.3 is 0 Å². The van der Waals surface area contributed by atoms with Crippen LogP contribution in [0, 0.1) is 0 Å². The maximum absolute atomic E-state index is 12.1. The van der Waals surface area contributed by atoms with Crippen LogP contribution in [0.3, 0.4) is 0 Å². The molecular formula is C19H24ClN3O2. The van der Waals surface area contributed by atoms with Crippen molar-refractivity contribution in [3.63, 3.8) is 0 Å². The predicted octanol–water partition coefficient (Wildman–Crippen LogP) is 2.76. The summed E-state index contributed by atoms with van der Waals surface area (Å²) in [5, 5.41) is 5.60. The second-order valence-corrected chi connectivity index (χ2v) is 6.24. The van der Waals surface area contributed by atoms with E-state index in [1.165, 1.54) is 5.56 Å². The summed E-state index contributed by atoms with van der Waals surface area (Å²) in [4.78, 5) is 23.9. The van der Waals surface area contributed by atoms with Gasteiger partial charge < -0.3 is 16.4 Å². The lowest BCUT2D eigenvalue weighted by Gasteiger charge is -2.17. The van der Waals surface area contributed by atoms with E-state index in [4.69, 9.17) is 5.73 Å². The fourth-order valence-electron chi connectivity index (χ4n) is 2.06. The van der Waals surface area contributed by atoms with Crippen molar-refractivity contribution in [2.45, 2.75) is 25.8 Å². The summed E-state index contributed by atoms with van der Waals surface area (Å²) in [6.07, 6.45) is 0.784. The van der Waals surface area contributed by atoms with E-state index in [1.807, 2.05) is 30.3 Å². The molecule has 5 nitrogen and oxygen atoms in total. The van der Waals surface area contributed by atoms with Gasteiger partial charge in [0.25, 0.3) is 5.91 Å². The molecule has 0 aliphatic rings. The first-order valence-corrected chi connectivity index (χ1v) is 7.89. The van der Waals surface area contributed by atoms with Crippen molar-refractivity contribution in [2.24, 2.45) is 5.73 Å². The van der Waals surface area contributed by atoms with Crippen LogP contribution in [0.4, 0.5) is 5.69 Å². The highest BCUT2D eigenvalue weighted by Crippen LogP contribution is 2.11. The van der Waals surface area contributed by atoms with Gasteiger partial charge in [-0.3, -0.25) is 9.59 Å². The molecule has 2 rings (SSSR count). The monoisotopic (exact) mass is 361 g/mol. The summed E-state index contributed by atoms with van der Waals surface area (Å²) in [5.74, 6) is -0.412. The molecule has 0 bridgehead atoms. The quantitative estimate of drug-likeness (QED) is 0.739. The molecule has 2 amide bonds. The summed E-state index contributed by atoms with van der Waals surface area (Å²) >= 11 is 0. The number of carbonyl (C=O) groups excluding carboxylic acids is 2. The van der Waals surface area contributed by atoms with Gasteiger partial charge in [-0.25, -0.2) is 0 Å². The van der Waals surface area contributed by atoms with Gasteiger partial charge in [-0.05, 0) is 50.1 Å². The van der Waals surface area contributed by atoms with Gasteiger partial charge in [-0.1, -0.05) is 30.3 Å². The second kappa shape index (κ2) is 9.20. The van der Waals surface area contributed by atoms with Crippen LogP contribution < -0.4 is 16.4 Å². The summed E-state index contributed by atoms with van der Waals surface area (Å²) in [6, 6.07) is 16.7. The Morgan fingerprint density at radius 1 is 1.00 bits per heavy atom. The van der Waals surface area contributed by atoms with Gasteiger partial charge in [0.05, 0.1) is 5.54 Å². The molecule has 0 fully saturated rings. The minimum Gasteiger partial charge on any atom is -0.352 e. The lowest BCUT2D eigenvalue weighted by atomic mass is 10.1. The van der Waals surface area contributed by atoms with Crippen molar-refractivity contribution in [3.05, 3.63) is 65.7 Å². The molecule has 0 aliphatic heterocycles. The summed E-state index contributed by atoms with van der Waals surface area (Å²) in [5.41, 5.74) is 7.12. The van der Waals surface area contributed by atoms with Gasteiger partial charge in [0.15, 0.2) is 0 Å². The zero-order valence-electron chi connectivity index (χ0n) is 14.4. The van der Waals surface area contributed by atoms with E-state index in [0.29, 0.717) is 17.8 Å². The molecule has 0 unspecified atom stereocenters. The number of hydrogen-bond acceptors (Lipinski definition) is 3. The van der Waals surface area contributed by atoms with Crippen LogP contribution in [-0.4, -0.2) is 23.9 Å². The summed E-state index contributed by atoms with van der Waals surface area (Å²) in [7, 11) is 0. The molecule has 0 atom stereocenters. The molecule has 6 heteroatoms. The van der Waals surface area contributed by atoms with Crippen molar-refractivity contribution in [3.8, 4) is 0 Å². The minimum absolute atomic E-state index is 0. The Kier molecular flexibility index (Phi) is 7.61. The van der Waals surface area contributed by atoms with Gasteiger partial charge in [-0.2, -0.15) is 0 Å². The third kappa shape index (κ3) is 6.57. The molecule has 0 spiro atoms. The Labute approximate surface area is 154 Å². The molecule has 0 aromatic heterocycles. The van der Waals surface area contributed by atoms with Crippen LogP contribution in [0.2, 0.25) is 0 Å². The van der Waals surface area contributed by atoms with Crippen molar-refractivity contribution >= 4 is 29.9 Å². The Balaban J connectivity index is 0.00000312. The van der Waals surface area contributed by atoms with E-state index < -0.39 is 5.54 Å². The van der Waals surface area contributed by atoms with Gasteiger partial charge in [0.2, 0.25) is 5.91 Å². The van der Waals surface area contributed by atoms with Crippen molar-refractivity contribution in [1.29, 1.82) is 0 Å². The number of anilines is 1. The zero-order chi connectivity index (χ0) is 17.6. The Morgan fingerprint density at radius 2 is 1.60 bits per heavy atom. The fraction of sp³-hybridized carbons (Fsp3) is 0.263. The van der Waals surface area contributed by atoms with Crippen molar-refractivity contribution in [2.75, 3.05) is 11.9 Å². The number of hydrogen-bond donors (Lipinski definition) is 3. The highest BCUT2D eigenvalue weighted by atomic mass is 35.5. The third-order valence-electron chi connectivity index (χ3n) is 3.53. The molecular weight excluding hydrogens is 338 g/mol. The number of nitrogens with two attached hydrogens (primary N) is 1. The fourth-order valence-corrected chi connectivity index (χ4v) is 2.06. The smallest absolute Gasteiger partial charge is 0.251 e. The first kappa shape index (κ1) is 20.7. The molecule has 0 radical (unpaired) electrons. The SMILES string of the molecule is CC(C)(N)C(=O)Nc1ccc(C(=O)NCCc2ccccc2)cc1.Cl. The second-order valence-electron chi connectivity index (χ2n) is 6.24. The highest BCUT2D eigenvalue weighted by Gasteiger charge is 2.21. The Morgan fingerprint density at radius 3 is 2.16 bits per heavy atom. The van der Waals surface area contributed by atoms with Crippen LogP contribution in [0.25, 0.3) is 0 Å². The van der Waals surface area contributed by atoms with Crippen LogP contribution in [-0.2, 0) is 11.2 Å². The van der Waals surface area contributed by atoms with Gasteiger partial charge in [0, 0.05) is 17.8 Å². The molecule has 2 aromatic carbocycles. The molecule has 0 saturated heterocycles. The topological polar surface area (TPSA) is 84.2 Å². The highest BCUT2D eigenvalue weighted by molar-refractivity contribution is 5.98. The Hall–Kier alpha value is -2.37. The number of nitrogens with one attached hydrogen (secondary N) is 2. The lowest BCUT2D eigenvalue weighted by Crippen LogP contribution is -2.45. The minimum atomic E-state index is -0.951. The first-order valence-electron chi connectivity index (χ1n) is 7.89. The molecule has 0 saturated carbocycles. The van der Waals surface area contributed by atoms with Crippen molar-refractivity contribution in [1.82, 2.24) is 5.32 Å². The van der Waals surface area contributed by atoms with E-state index in [9.17, 15) is 9.59 Å². The largest absolute Gasteiger partial charge is 0.352 e. The molecule has 134 valence electrons. The third-order valence-corrected chi connectivity index (χ3v) is 3.53. The maximum atomic E-state index is 12.1. The number of benzene rings is 2. The predicted molar refractivity (Wildman–Crippen MR) is 103 cm³/mol. The molecule has 0 aliphatic carbocycles. The van der Waals surface area contributed by atoms with Gasteiger partial charge in [0.1, 0.15) is 0 Å². The van der Waals surface area contributed by atoms with E-state index in [-0.39, 0.29) is 24.2 Å². The normalized spacial score (nSPS) is 10.5. The average molecular weight is 362 g/mol. The number of halogens is 1. The molecule has 25 heavy (non-hydrogen) atoms. The number of carbonyl (C=O) groups is 2. The van der Waals surface area contributed by atoms with Crippen molar-refractivity contribution < 1.29 is 9.59 Å². The van der Waals surface area contributed by atoms with Gasteiger partial charge in [-0.15, -0.1) is 12.4 Å². The van der Waals surface area contributed by atoms with Crippen LogP contribution in [0.1, 0.15) is 29.8 Å². The van der Waals surface area contributed by atoms with E-state index in [0.717, 1.165) is 6.42 Å². The maximum Gasteiger partial charge on any atom is 0.251 e. The number of rotatable bonds is 6. The molecule has 4 N–H and O–H groups in total. The first-order chi connectivity index (χ1) is 11.4. The summed E-state index contributed by atoms with van der Waals surface area (Å²) < 4.78 is 0. The van der Waals surface area contributed by atoms with E-state index in [1.54, 1.807) is 38.1 Å². The lowest BCUT2D eigenvalue weighted by molar-refractivity contribution is -0.120. The van der Waals surface area contributed by atoms with Crippen LogP contribution >= 0.6 is 12.4 Å². The summed E-state index contributed by atoms with van der Waals surface area (Å²) in [6.45, 7) is 3.84. The number of amides is 2.